The first-order chi connectivity index (χ1) is 9.84. The van der Waals surface area contributed by atoms with Crippen molar-refractivity contribution in [2.45, 2.75) is 38.5 Å². The Morgan fingerprint density at radius 2 is 2.00 bits per heavy atom. The Balaban J connectivity index is 1.63. The van der Waals surface area contributed by atoms with Crippen molar-refractivity contribution in [2.75, 3.05) is 17.6 Å². The molecule has 0 atom stereocenters. The van der Waals surface area contributed by atoms with E-state index in [2.05, 4.69) is 10.3 Å². The lowest BCUT2D eigenvalue weighted by Gasteiger charge is -2.22. The highest BCUT2D eigenvalue weighted by atomic mass is 14.9. The second kappa shape index (κ2) is 6.12. The molecule has 0 saturated heterocycles. The predicted molar refractivity (Wildman–Crippen MR) is 85.8 cm³/mol. The lowest BCUT2D eigenvalue weighted by Crippen LogP contribution is -2.12. The summed E-state index contributed by atoms with van der Waals surface area (Å²) in [4.78, 5) is 4.33. The minimum Gasteiger partial charge on any atom is -0.397 e. The molecule has 1 aromatic heterocycles. The van der Waals surface area contributed by atoms with E-state index in [4.69, 9.17) is 5.73 Å². The molecular weight excluding hydrogens is 246 g/mol. The fourth-order valence-electron chi connectivity index (χ4n) is 3.22. The second-order valence-corrected chi connectivity index (χ2v) is 5.82. The number of hydrogen-bond donors (Lipinski definition) is 2. The number of anilines is 2. The summed E-state index contributed by atoms with van der Waals surface area (Å²) in [5.41, 5.74) is 9.06. The van der Waals surface area contributed by atoms with E-state index in [1.165, 1.54) is 38.5 Å². The maximum Gasteiger partial charge on any atom is 0.0724 e. The molecule has 0 unspecified atom stereocenters. The van der Waals surface area contributed by atoms with Crippen LogP contribution >= 0.6 is 0 Å². The quantitative estimate of drug-likeness (QED) is 0.818. The molecule has 0 spiro atoms. The zero-order chi connectivity index (χ0) is 13.8. The van der Waals surface area contributed by atoms with Gasteiger partial charge in [0, 0.05) is 18.1 Å². The number of benzene rings is 1. The van der Waals surface area contributed by atoms with E-state index in [0.717, 1.165) is 34.7 Å². The minimum atomic E-state index is 0.819. The lowest BCUT2D eigenvalue weighted by molar-refractivity contribution is 0.345. The highest BCUT2D eigenvalue weighted by Gasteiger charge is 2.13. The third-order valence-corrected chi connectivity index (χ3v) is 4.42. The molecule has 3 N–H and O–H groups in total. The number of rotatable bonds is 4. The van der Waals surface area contributed by atoms with Gasteiger partial charge in [0.2, 0.25) is 0 Å². The normalized spacial score (nSPS) is 16.4. The van der Waals surface area contributed by atoms with Crippen molar-refractivity contribution in [3.63, 3.8) is 0 Å². The topological polar surface area (TPSA) is 50.9 Å². The Morgan fingerprint density at radius 1 is 1.15 bits per heavy atom. The standard InChI is InChI=1S/C17H23N3/c18-17-14-7-4-11-19-15(14)8-9-16(17)20-12-10-13-5-2-1-3-6-13/h4,7-9,11,13,20H,1-3,5-6,10,12,18H2. The van der Waals surface area contributed by atoms with E-state index >= 15 is 0 Å². The molecule has 2 aromatic rings. The highest BCUT2D eigenvalue weighted by Crippen LogP contribution is 2.29. The molecule has 1 saturated carbocycles. The van der Waals surface area contributed by atoms with Crippen molar-refractivity contribution in [3.8, 4) is 0 Å². The zero-order valence-corrected chi connectivity index (χ0v) is 11.9. The van der Waals surface area contributed by atoms with E-state index in [1.54, 1.807) is 6.20 Å². The van der Waals surface area contributed by atoms with Gasteiger partial charge in [-0.3, -0.25) is 4.98 Å². The maximum atomic E-state index is 6.24. The molecular formula is C17H23N3. The van der Waals surface area contributed by atoms with Crippen molar-refractivity contribution < 1.29 is 0 Å². The van der Waals surface area contributed by atoms with Gasteiger partial charge >= 0.3 is 0 Å². The van der Waals surface area contributed by atoms with E-state index in [0.29, 0.717) is 0 Å². The first kappa shape index (κ1) is 13.2. The van der Waals surface area contributed by atoms with Crippen molar-refractivity contribution in [2.24, 2.45) is 5.92 Å². The van der Waals surface area contributed by atoms with Gasteiger partial charge in [-0.2, -0.15) is 0 Å². The van der Waals surface area contributed by atoms with E-state index in [-0.39, 0.29) is 0 Å². The number of aromatic nitrogens is 1. The predicted octanol–water partition coefficient (Wildman–Crippen LogP) is 4.20. The molecule has 20 heavy (non-hydrogen) atoms. The van der Waals surface area contributed by atoms with Crippen LogP contribution in [0.4, 0.5) is 11.4 Å². The molecule has 106 valence electrons. The summed E-state index contributed by atoms with van der Waals surface area (Å²) < 4.78 is 0. The van der Waals surface area contributed by atoms with Gasteiger partial charge in [-0.1, -0.05) is 32.1 Å². The van der Waals surface area contributed by atoms with Gasteiger partial charge in [0.25, 0.3) is 0 Å². The summed E-state index contributed by atoms with van der Waals surface area (Å²) in [5.74, 6) is 0.902. The lowest BCUT2D eigenvalue weighted by atomic mass is 9.87. The van der Waals surface area contributed by atoms with Gasteiger partial charge in [-0.15, -0.1) is 0 Å². The molecule has 0 radical (unpaired) electrons. The average molecular weight is 269 g/mol. The highest BCUT2D eigenvalue weighted by molar-refractivity contribution is 5.96. The van der Waals surface area contributed by atoms with E-state index in [9.17, 15) is 0 Å². The van der Waals surface area contributed by atoms with Crippen LogP contribution < -0.4 is 11.1 Å². The Hall–Kier alpha value is -1.77. The number of nitrogens with zero attached hydrogens (tertiary/aromatic N) is 1. The first-order valence-electron chi connectivity index (χ1n) is 7.71. The Bertz CT molecular complexity index is 573. The van der Waals surface area contributed by atoms with E-state index in [1.807, 2.05) is 24.3 Å². The van der Waals surface area contributed by atoms with Crippen molar-refractivity contribution >= 4 is 22.3 Å². The van der Waals surface area contributed by atoms with Gasteiger partial charge < -0.3 is 11.1 Å². The van der Waals surface area contributed by atoms with Crippen LogP contribution in [0.25, 0.3) is 10.9 Å². The largest absolute Gasteiger partial charge is 0.397 e. The van der Waals surface area contributed by atoms with Crippen LogP contribution in [0.5, 0.6) is 0 Å². The number of pyridine rings is 1. The minimum absolute atomic E-state index is 0.819. The molecule has 0 aliphatic heterocycles. The summed E-state index contributed by atoms with van der Waals surface area (Å²) in [6.07, 6.45) is 10.1. The number of hydrogen-bond acceptors (Lipinski definition) is 3. The summed E-state index contributed by atoms with van der Waals surface area (Å²) in [5, 5.41) is 4.54. The molecule has 3 nitrogen and oxygen atoms in total. The van der Waals surface area contributed by atoms with Crippen LogP contribution in [0.15, 0.2) is 30.5 Å². The molecule has 1 aliphatic carbocycles. The number of fused-ring (bicyclic) bond motifs is 1. The first-order valence-corrected chi connectivity index (χ1v) is 7.71. The van der Waals surface area contributed by atoms with Crippen LogP contribution in [0.3, 0.4) is 0 Å². The van der Waals surface area contributed by atoms with Crippen molar-refractivity contribution in [3.05, 3.63) is 30.5 Å². The molecule has 0 bridgehead atoms. The van der Waals surface area contributed by atoms with Crippen molar-refractivity contribution in [1.82, 2.24) is 4.98 Å². The second-order valence-electron chi connectivity index (χ2n) is 5.82. The van der Waals surface area contributed by atoms with E-state index < -0.39 is 0 Å². The van der Waals surface area contributed by atoms with Gasteiger partial charge in [0.15, 0.2) is 0 Å². The molecule has 1 fully saturated rings. The third kappa shape index (κ3) is 2.87. The van der Waals surface area contributed by atoms with Crippen LogP contribution in [0, 0.1) is 5.92 Å². The fourth-order valence-corrected chi connectivity index (χ4v) is 3.22. The SMILES string of the molecule is Nc1c(NCCC2CCCCC2)ccc2ncccc12. The smallest absolute Gasteiger partial charge is 0.0724 e. The Morgan fingerprint density at radius 3 is 2.85 bits per heavy atom. The van der Waals surface area contributed by atoms with Gasteiger partial charge in [-0.05, 0) is 36.6 Å². The van der Waals surface area contributed by atoms with Gasteiger partial charge in [0.05, 0.1) is 16.9 Å². The molecule has 1 aromatic carbocycles. The fraction of sp³-hybridized carbons (Fsp3) is 0.471. The Kier molecular flexibility index (Phi) is 4.05. The van der Waals surface area contributed by atoms with Crippen LogP contribution in [-0.4, -0.2) is 11.5 Å². The van der Waals surface area contributed by atoms with Crippen LogP contribution in [0.2, 0.25) is 0 Å². The number of nitrogen functional groups attached to an aromatic ring is 1. The third-order valence-electron chi connectivity index (χ3n) is 4.42. The van der Waals surface area contributed by atoms with Crippen molar-refractivity contribution in [1.29, 1.82) is 0 Å². The summed E-state index contributed by atoms with van der Waals surface area (Å²) in [6.45, 7) is 1.01. The Labute approximate surface area is 120 Å². The molecule has 3 heteroatoms. The summed E-state index contributed by atoms with van der Waals surface area (Å²) >= 11 is 0. The molecule has 1 aliphatic rings. The zero-order valence-electron chi connectivity index (χ0n) is 11.9. The van der Waals surface area contributed by atoms with Gasteiger partial charge in [0.1, 0.15) is 0 Å². The summed E-state index contributed by atoms with van der Waals surface area (Å²) in [7, 11) is 0. The molecule has 1 heterocycles. The number of nitrogens with two attached hydrogens (primary N) is 1. The molecule has 3 rings (SSSR count). The summed E-state index contributed by atoms with van der Waals surface area (Å²) in [6, 6.07) is 8.05. The monoisotopic (exact) mass is 269 g/mol. The van der Waals surface area contributed by atoms with Crippen LogP contribution in [0.1, 0.15) is 38.5 Å². The molecule has 0 amide bonds. The van der Waals surface area contributed by atoms with Gasteiger partial charge in [-0.25, -0.2) is 0 Å². The average Bonchev–Trinajstić information content (AvgIpc) is 2.51. The number of nitrogens with one attached hydrogen (secondary N) is 1. The van der Waals surface area contributed by atoms with Crippen LogP contribution in [-0.2, 0) is 0 Å². The maximum absolute atomic E-state index is 6.24.